The van der Waals surface area contributed by atoms with Gasteiger partial charge in [-0.25, -0.2) is 9.97 Å². The number of nitrogens with zero attached hydrogens (tertiary/aromatic N) is 3. The highest BCUT2D eigenvalue weighted by atomic mass is 16.5. The van der Waals surface area contributed by atoms with Gasteiger partial charge >= 0.3 is 0 Å². The maximum Gasteiger partial charge on any atom is 0.234 e. The maximum absolute atomic E-state index is 5.74. The predicted octanol–water partition coefficient (Wildman–Crippen LogP) is 1.99. The zero-order valence-electron chi connectivity index (χ0n) is 9.87. The summed E-state index contributed by atoms with van der Waals surface area (Å²) in [5.74, 6) is 1.46. The minimum atomic E-state index is 0.607. The van der Waals surface area contributed by atoms with Crippen molar-refractivity contribution >= 4 is 11.5 Å². The number of nitrogens with two attached hydrogens (primary N) is 1. The molecule has 5 nitrogen and oxygen atoms in total. The molecule has 18 heavy (non-hydrogen) atoms. The normalized spacial score (nSPS) is 10.7. The second kappa shape index (κ2) is 4.03. The van der Waals surface area contributed by atoms with Crippen molar-refractivity contribution in [3.05, 3.63) is 42.9 Å². The van der Waals surface area contributed by atoms with E-state index in [1.807, 2.05) is 34.9 Å². The molecule has 0 fully saturated rings. The molecular formula is C13H12N4O. The lowest BCUT2D eigenvalue weighted by molar-refractivity contribution is 0.415. The van der Waals surface area contributed by atoms with Gasteiger partial charge in [0.15, 0.2) is 0 Å². The minimum absolute atomic E-state index is 0.607. The number of nitrogen functional groups attached to an aromatic ring is 1. The minimum Gasteiger partial charge on any atom is -0.497 e. The van der Waals surface area contributed by atoms with Gasteiger partial charge in [0.2, 0.25) is 5.78 Å². The van der Waals surface area contributed by atoms with Crippen molar-refractivity contribution in [3.63, 3.8) is 0 Å². The van der Waals surface area contributed by atoms with Crippen LogP contribution in [0.15, 0.2) is 42.9 Å². The molecule has 0 radical (unpaired) electrons. The van der Waals surface area contributed by atoms with Crippen LogP contribution in [0, 0.1) is 0 Å². The van der Waals surface area contributed by atoms with Gasteiger partial charge in [0, 0.05) is 11.8 Å². The molecular weight excluding hydrogens is 228 g/mol. The Morgan fingerprint density at radius 2 is 1.83 bits per heavy atom. The molecule has 0 aliphatic heterocycles. The standard InChI is InChI=1S/C13H12N4O/c1-18-11-4-2-9(3-5-11)12-7-16-13-15-6-10(14)8-17(12)13/h2-8H,14H2,1H3. The van der Waals surface area contributed by atoms with Gasteiger partial charge in [-0.2, -0.15) is 0 Å². The molecule has 0 amide bonds. The van der Waals surface area contributed by atoms with Gasteiger partial charge in [-0.3, -0.25) is 4.40 Å². The molecule has 3 rings (SSSR count). The summed E-state index contributed by atoms with van der Waals surface area (Å²) in [7, 11) is 1.65. The highest BCUT2D eigenvalue weighted by Gasteiger charge is 2.06. The van der Waals surface area contributed by atoms with E-state index in [0.717, 1.165) is 17.0 Å². The fourth-order valence-corrected chi connectivity index (χ4v) is 1.86. The highest BCUT2D eigenvalue weighted by molar-refractivity contribution is 5.63. The van der Waals surface area contributed by atoms with Crippen LogP contribution in [0.4, 0.5) is 5.69 Å². The first-order valence-corrected chi connectivity index (χ1v) is 5.51. The molecule has 0 aliphatic carbocycles. The van der Waals surface area contributed by atoms with Gasteiger partial charge in [-0.1, -0.05) is 0 Å². The summed E-state index contributed by atoms with van der Waals surface area (Å²) in [5, 5.41) is 0. The van der Waals surface area contributed by atoms with Crippen LogP contribution in [0.1, 0.15) is 0 Å². The van der Waals surface area contributed by atoms with Crippen molar-refractivity contribution in [1.29, 1.82) is 0 Å². The van der Waals surface area contributed by atoms with Gasteiger partial charge in [-0.05, 0) is 24.3 Å². The molecule has 0 spiro atoms. The molecule has 2 heterocycles. The third-order valence-electron chi connectivity index (χ3n) is 2.77. The van der Waals surface area contributed by atoms with Crippen LogP contribution in [-0.2, 0) is 0 Å². The first-order valence-electron chi connectivity index (χ1n) is 5.51. The topological polar surface area (TPSA) is 65.4 Å². The van der Waals surface area contributed by atoms with Crippen LogP contribution in [0.5, 0.6) is 5.75 Å². The summed E-state index contributed by atoms with van der Waals surface area (Å²) in [6, 6.07) is 7.78. The Bertz CT molecular complexity index is 688. The van der Waals surface area contributed by atoms with E-state index in [-0.39, 0.29) is 0 Å². The number of fused-ring (bicyclic) bond motifs is 1. The molecule has 2 aromatic heterocycles. The molecule has 0 bridgehead atoms. The fourth-order valence-electron chi connectivity index (χ4n) is 1.86. The molecule has 90 valence electrons. The average Bonchev–Trinajstić information content (AvgIpc) is 2.82. The summed E-state index contributed by atoms with van der Waals surface area (Å²) in [5.41, 5.74) is 8.34. The predicted molar refractivity (Wildman–Crippen MR) is 69.4 cm³/mol. The van der Waals surface area contributed by atoms with Crippen LogP contribution in [0.2, 0.25) is 0 Å². The van der Waals surface area contributed by atoms with Crippen molar-refractivity contribution in [3.8, 4) is 17.0 Å². The van der Waals surface area contributed by atoms with Crippen molar-refractivity contribution in [2.24, 2.45) is 0 Å². The van der Waals surface area contributed by atoms with E-state index in [1.165, 1.54) is 0 Å². The number of rotatable bonds is 2. The monoisotopic (exact) mass is 240 g/mol. The number of ether oxygens (including phenoxy) is 1. The number of benzene rings is 1. The summed E-state index contributed by atoms with van der Waals surface area (Å²) >= 11 is 0. The number of imidazole rings is 1. The number of aromatic nitrogens is 3. The van der Waals surface area contributed by atoms with Gasteiger partial charge in [0.05, 0.1) is 30.9 Å². The molecule has 0 aliphatic rings. The quantitative estimate of drug-likeness (QED) is 0.744. The van der Waals surface area contributed by atoms with E-state index in [2.05, 4.69) is 9.97 Å². The summed E-state index contributed by atoms with van der Waals surface area (Å²) in [6.07, 6.45) is 5.19. The van der Waals surface area contributed by atoms with Gasteiger partial charge < -0.3 is 10.5 Å². The lowest BCUT2D eigenvalue weighted by Gasteiger charge is -2.04. The Labute approximate surface area is 104 Å². The Morgan fingerprint density at radius 1 is 1.11 bits per heavy atom. The van der Waals surface area contributed by atoms with E-state index in [1.54, 1.807) is 19.5 Å². The van der Waals surface area contributed by atoms with Crippen molar-refractivity contribution in [1.82, 2.24) is 14.4 Å². The maximum atomic E-state index is 5.74. The molecule has 0 saturated heterocycles. The third-order valence-corrected chi connectivity index (χ3v) is 2.77. The molecule has 0 atom stereocenters. The largest absolute Gasteiger partial charge is 0.497 e. The zero-order chi connectivity index (χ0) is 12.5. The molecule has 5 heteroatoms. The number of hydrogen-bond acceptors (Lipinski definition) is 4. The van der Waals surface area contributed by atoms with Crippen LogP contribution in [0.25, 0.3) is 17.0 Å². The average molecular weight is 240 g/mol. The lowest BCUT2D eigenvalue weighted by atomic mass is 10.1. The molecule has 1 aromatic carbocycles. The second-order valence-corrected chi connectivity index (χ2v) is 3.93. The Morgan fingerprint density at radius 3 is 2.56 bits per heavy atom. The van der Waals surface area contributed by atoms with E-state index in [9.17, 15) is 0 Å². The van der Waals surface area contributed by atoms with Crippen molar-refractivity contribution < 1.29 is 4.74 Å². The van der Waals surface area contributed by atoms with Crippen molar-refractivity contribution in [2.75, 3.05) is 12.8 Å². The first-order chi connectivity index (χ1) is 8.78. The van der Waals surface area contributed by atoms with Crippen molar-refractivity contribution in [2.45, 2.75) is 0 Å². The highest BCUT2D eigenvalue weighted by Crippen LogP contribution is 2.23. The smallest absolute Gasteiger partial charge is 0.234 e. The summed E-state index contributed by atoms with van der Waals surface area (Å²) < 4.78 is 7.01. The van der Waals surface area contributed by atoms with E-state index in [4.69, 9.17) is 10.5 Å². The van der Waals surface area contributed by atoms with E-state index < -0.39 is 0 Å². The third kappa shape index (κ3) is 1.66. The van der Waals surface area contributed by atoms with E-state index >= 15 is 0 Å². The first kappa shape index (κ1) is 10.6. The number of methoxy groups -OCH3 is 1. The Balaban J connectivity index is 2.15. The van der Waals surface area contributed by atoms with Crippen LogP contribution < -0.4 is 10.5 Å². The molecule has 2 N–H and O–H groups in total. The Hall–Kier alpha value is -2.56. The summed E-state index contributed by atoms with van der Waals surface area (Å²) in [6.45, 7) is 0. The van der Waals surface area contributed by atoms with Crippen LogP contribution >= 0.6 is 0 Å². The van der Waals surface area contributed by atoms with Gasteiger partial charge in [0.1, 0.15) is 5.75 Å². The van der Waals surface area contributed by atoms with E-state index in [0.29, 0.717) is 11.5 Å². The second-order valence-electron chi connectivity index (χ2n) is 3.93. The Kier molecular flexibility index (Phi) is 2.37. The number of anilines is 1. The fraction of sp³-hybridized carbons (Fsp3) is 0.0769. The molecule has 0 saturated carbocycles. The van der Waals surface area contributed by atoms with Gasteiger partial charge in [-0.15, -0.1) is 0 Å². The molecule has 0 unspecified atom stereocenters. The number of hydrogen-bond donors (Lipinski definition) is 1. The lowest BCUT2D eigenvalue weighted by Crippen LogP contribution is -1.95. The van der Waals surface area contributed by atoms with Gasteiger partial charge in [0.25, 0.3) is 0 Å². The SMILES string of the molecule is COc1ccc(-c2cnc3ncc(N)cn23)cc1. The molecule has 3 aromatic rings. The van der Waals surface area contributed by atoms with Crippen LogP contribution in [-0.4, -0.2) is 21.5 Å². The summed E-state index contributed by atoms with van der Waals surface area (Å²) in [4.78, 5) is 8.41. The van der Waals surface area contributed by atoms with Crippen LogP contribution in [0.3, 0.4) is 0 Å². The zero-order valence-corrected chi connectivity index (χ0v) is 9.87.